The third kappa shape index (κ3) is 3.47. The van der Waals surface area contributed by atoms with E-state index in [0.29, 0.717) is 12.4 Å². The highest BCUT2D eigenvalue weighted by molar-refractivity contribution is 5.23. The SMILES string of the molecule is CC(C)C(N)COc1ccc(F)c(F)c1. The summed E-state index contributed by atoms with van der Waals surface area (Å²) in [6.45, 7) is 4.24. The summed E-state index contributed by atoms with van der Waals surface area (Å²) in [5, 5.41) is 0. The molecule has 0 saturated carbocycles. The number of ether oxygens (including phenoxy) is 1. The van der Waals surface area contributed by atoms with Crippen LogP contribution in [-0.2, 0) is 0 Å². The first kappa shape index (κ1) is 11.9. The standard InChI is InChI=1S/C11H15F2NO/c1-7(2)11(14)6-15-8-3-4-9(12)10(13)5-8/h3-5,7,11H,6,14H2,1-2H3. The molecule has 0 bridgehead atoms. The summed E-state index contributed by atoms with van der Waals surface area (Å²) in [4.78, 5) is 0. The number of nitrogens with two attached hydrogens (primary N) is 1. The molecule has 4 heteroatoms. The summed E-state index contributed by atoms with van der Waals surface area (Å²) in [5.74, 6) is -1.21. The second-order valence-electron chi connectivity index (χ2n) is 3.79. The molecule has 15 heavy (non-hydrogen) atoms. The molecule has 0 saturated heterocycles. The van der Waals surface area contributed by atoms with Crippen LogP contribution < -0.4 is 10.5 Å². The zero-order chi connectivity index (χ0) is 11.4. The Kier molecular flexibility index (Phi) is 4.03. The Balaban J connectivity index is 2.55. The lowest BCUT2D eigenvalue weighted by molar-refractivity contribution is 0.258. The van der Waals surface area contributed by atoms with Crippen molar-refractivity contribution in [3.05, 3.63) is 29.8 Å². The molecule has 0 aliphatic carbocycles. The van der Waals surface area contributed by atoms with Crippen LogP contribution in [0.1, 0.15) is 13.8 Å². The molecule has 2 nitrogen and oxygen atoms in total. The van der Waals surface area contributed by atoms with Crippen molar-refractivity contribution in [2.75, 3.05) is 6.61 Å². The second kappa shape index (κ2) is 5.07. The number of hydrogen-bond donors (Lipinski definition) is 1. The summed E-state index contributed by atoms with van der Waals surface area (Å²) >= 11 is 0. The molecule has 1 unspecified atom stereocenters. The quantitative estimate of drug-likeness (QED) is 0.836. The van der Waals surface area contributed by atoms with Crippen molar-refractivity contribution in [1.29, 1.82) is 0 Å². The highest BCUT2D eigenvalue weighted by Crippen LogP contribution is 2.15. The maximum absolute atomic E-state index is 12.8. The van der Waals surface area contributed by atoms with E-state index in [1.54, 1.807) is 0 Å². The molecular weight excluding hydrogens is 200 g/mol. The molecule has 0 aliphatic heterocycles. The van der Waals surface area contributed by atoms with E-state index >= 15 is 0 Å². The molecule has 0 spiro atoms. The van der Waals surface area contributed by atoms with Gasteiger partial charge in [-0.25, -0.2) is 8.78 Å². The minimum Gasteiger partial charge on any atom is -0.492 e. The van der Waals surface area contributed by atoms with Crippen LogP contribution >= 0.6 is 0 Å². The molecular formula is C11H15F2NO. The van der Waals surface area contributed by atoms with Crippen molar-refractivity contribution >= 4 is 0 Å². The number of halogens is 2. The van der Waals surface area contributed by atoms with Crippen LogP contribution in [0.4, 0.5) is 8.78 Å². The van der Waals surface area contributed by atoms with Crippen LogP contribution in [0, 0.1) is 17.6 Å². The third-order valence-electron chi connectivity index (χ3n) is 2.19. The van der Waals surface area contributed by atoms with Gasteiger partial charge in [-0.2, -0.15) is 0 Å². The predicted octanol–water partition coefficient (Wildman–Crippen LogP) is 2.33. The Labute approximate surface area is 88.0 Å². The molecule has 84 valence electrons. The van der Waals surface area contributed by atoms with Crippen molar-refractivity contribution in [3.8, 4) is 5.75 Å². The Morgan fingerprint density at radius 3 is 2.47 bits per heavy atom. The zero-order valence-electron chi connectivity index (χ0n) is 8.84. The van der Waals surface area contributed by atoms with E-state index in [9.17, 15) is 8.78 Å². The summed E-state index contributed by atoms with van der Waals surface area (Å²) in [5.41, 5.74) is 5.74. The number of hydrogen-bond acceptors (Lipinski definition) is 2. The monoisotopic (exact) mass is 215 g/mol. The molecule has 0 aromatic heterocycles. The van der Waals surface area contributed by atoms with Crippen molar-refractivity contribution in [2.45, 2.75) is 19.9 Å². The van der Waals surface area contributed by atoms with Gasteiger partial charge in [0.25, 0.3) is 0 Å². The van der Waals surface area contributed by atoms with E-state index in [4.69, 9.17) is 10.5 Å². The number of rotatable bonds is 4. The normalized spacial score (nSPS) is 12.9. The highest BCUT2D eigenvalue weighted by Gasteiger charge is 2.09. The van der Waals surface area contributed by atoms with E-state index in [-0.39, 0.29) is 12.0 Å². The van der Waals surface area contributed by atoms with E-state index in [0.717, 1.165) is 12.1 Å². The third-order valence-corrected chi connectivity index (χ3v) is 2.19. The van der Waals surface area contributed by atoms with Crippen LogP contribution in [0.15, 0.2) is 18.2 Å². The largest absolute Gasteiger partial charge is 0.492 e. The van der Waals surface area contributed by atoms with E-state index in [1.807, 2.05) is 13.8 Å². The highest BCUT2D eigenvalue weighted by atomic mass is 19.2. The van der Waals surface area contributed by atoms with Gasteiger partial charge in [0.2, 0.25) is 0 Å². The van der Waals surface area contributed by atoms with Crippen LogP contribution in [0.25, 0.3) is 0 Å². The second-order valence-corrected chi connectivity index (χ2v) is 3.79. The van der Waals surface area contributed by atoms with Crippen molar-refractivity contribution in [3.63, 3.8) is 0 Å². The van der Waals surface area contributed by atoms with Crippen LogP contribution in [-0.4, -0.2) is 12.6 Å². The van der Waals surface area contributed by atoms with Gasteiger partial charge in [0.15, 0.2) is 11.6 Å². The fourth-order valence-corrected chi connectivity index (χ4v) is 0.952. The van der Waals surface area contributed by atoms with Gasteiger partial charge < -0.3 is 10.5 Å². The van der Waals surface area contributed by atoms with Gasteiger partial charge in [-0.3, -0.25) is 0 Å². The lowest BCUT2D eigenvalue weighted by Crippen LogP contribution is -2.33. The Morgan fingerprint density at radius 2 is 1.93 bits per heavy atom. The minimum atomic E-state index is -0.911. The Morgan fingerprint density at radius 1 is 1.27 bits per heavy atom. The predicted molar refractivity (Wildman–Crippen MR) is 54.7 cm³/mol. The average molecular weight is 215 g/mol. The first-order valence-corrected chi connectivity index (χ1v) is 4.84. The molecule has 1 rings (SSSR count). The molecule has 0 fully saturated rings. The molecule has 0 radical (unpaired) electrons. The van der Waals surface area contributed by atoms with Gasteiger partial charge in [-0.05, 0) is 18.1 Å². The fraction of sp³-hybridized carbons (Fsp3) is 0.455. The lowest BCUT2D eigenvalue weighted by Gasteiger charge is -2.16. The Hall–Kier alpha value is -1.16. The van der Waals surface area contributed by atoms with Crippen LogP contribution in [0.2, 0.25) is 0 Å². The van der Waals surface area contributed by atoms with E-state index in [1.165, 1.54) is 6.07 Å². The van der Waals surface area contributed by atoms with Gasteiger partial charge in [0, 0.05) is 12.1 Å². The zero-order valence-corrected chi connectivity index (χ0v) is 8.84. The van der Waals surface area contributed by atoms with Gasteiger partial charge in [0.05, 0.1) is 0 Å². The Bertz CT molecular complexity index is 328. The molecule has 1 atom stereocenters. The molecule has 1 aromatic carbocycles. The van der Waals surface area contributed by atoms with E-state index in [2.05, 4.69) is 0 Å². The summed E-state index contributed by atoms with van der Waals surface area (Å²) in [6, 6.07) is 3.32. The maximum atomic E-state index is 12.8. The summed E-state index contributed by atoms with van der Waals surface area (Å²) < 4.78 is 30.6. The van der Waals surface area contributed by atoms with Crippen molar-refractivity contribution in [1.82, 2.24) is 0 Å². The van der Waals surface area contributed by atoms with Gasteiger partial charge in [0.1, 0.15) is 12.4 Å². The summed E-state index contributed by atoms with van der Waals surface area (Å²) in [7, 11) is 0. The molecule has 2 N–H and O–H groups in total. The maximum Gasteiger partial charge on any atom is 0.162 e. The number of benzene rings is 1. The first-order valence-electron chi connectivity index (χ1n) is 4.84. The lowest BCUT2D eigenvalue weighted by atomic mass is 10.1. The fourth-order valence-electron chi connectivity index (χ4n) is 0.952. The smallest absolute Gasteiger partial charge is 0.162 e. The molecule has 0 amide bonds. The molecule has 0 heterocycles. The minimum absolute atomic E-state index is 0.113. The molecule has 1 aromatic rings. The van der Waals surface area contributed by atoms with Crippen LogP contribution in [0.3, 0.4) is 0 Å². The molecule has 0 aliphatic rings. The van der Waals surface area contributed by atoms with Gasteiger partial charge in [-0.1, -0.05) is 13.8 Å². The average Bonchev–Trinajstić information content (AvgIpc) is 2.19. The van der Waals surface area contributed by atoms with Crippen molar-refractivity contribution < 1.29 is 13.5 Å². The van der Waals surface area contributed by atoms with Gasteiger partial charge >= 0.3 is 0 Å². The first-order chi connectivity index (χ1) is 7.00. The topological polar surface area (TPSA) is 35.2 Å². The van der Waals surface area contributed by atoms with Gasteiger partial charge in [-0.15, -0.1) is 0 Å². The summed E-state index contributed by atoms with van der Waals surface area (Å²) in [6.07, 6.45) is 0. The van der Waals surface area contributed by atoms with E-state index < -0.39 is 11.6 Å². The van der Waals surface area contributed by atoms with Crippen LogP contribution in [0.5, 0.6) is 5.75 Å². The van der Waals surface area contributed by atoms with Crippen molar-refractivity contribution in [2.24, 2.45) is 11.7 Å².